The Morgan fingerprint density at radius 2 is 1.88 bits per heavy atom. The number of sulfonamides is 1. The largest absolute Gasteiger partial charge is 0.496 e. The summed E-state index contributed by atoms with van der Waals surface area (Å²) in [7, 11) is -2.30. The van der Waals surface area contributed by atoms with Crippen LogP contribution in [-0.2, 0) is 21.4 Å². The van der Waals surface area contributed by atoms with Crippen molar-refractivity contribution in [3.63, 3.8) is 0 Å². The minimum absolute atomic E-state index is 0.0101. The van der Waals surface area contributed by atoms with Crippen LogP contribution in [0.4, 0.5) is 0 Å². The number of hydrogen-bond donors (Lipinski definition) is 1. The zero-order valence-electron chi connectivity index (χ0n) is 13.7. The van der Waals surface area contributed by atoms with E-state index in [1.165, 1.54) is 23.5 Å². The molecule has 1 amide bonds. The third kappa shape index (κ3) is 5.04. The smallest absolute Gasteiger partial charge is 0.243 e. The molecule has 8 heteroatoms. The number of nitrogens with two attached hydrogens (primary N) is 1. The highest BCUT2D eigenvalue weighted by atomic mass is 79.9. The van der Waals surface area contributed by atoms with E-state index in [2.05, 4.69) is 15.9 Å². The number of ether oxygens (including phenoxy) is 1. The number of rotatable bonds is 8. The van der Waals surface area contributed by atoms with Crippen LogP contribution in [-0.4, -0.2) is 32.3 Å². The monoisotopic (exact) mass is 426 g/mol. The van der Waals surface area contributed by atoms with E-state index in [1.807, 2.05) is 30.3 Å². The molecule has 0 spiro atoms. The summed E-state index contributed by atoms with van der Waals surface area (Å²) in [5, 5.41) is 0. The summed E-state index contributed by atoms with van der Waals surface area (Å²) in [6.07, 6.45) is -0.0522. The standard InChI is InChI=1S/C17H19BrN2O4S/c1-24-16-8-7-14(11-15(16)18)25(22,23)20(10-9-17(19)21)12-13-5-3-2-4-6-13/h2-8,11H,9-10,12H2,1H3,(H2,19,21). The van der Waals surface area contributed by atoms with E-state index in [0.29, 0.717) is 10.2 Å². The molecule has 0 fully saturated rings. The lowest BCUT2D eigenvalue weighted by atomic mass is 10.2. The van der Waals surface area contributed by atoms with Gasteiger partial charge in [-0.25, -0.2) is 8.42 Å². The molecule has 25 heavy (non-hydrogen) atoms. The number of amides is 1. The number of nitrogens with zero attached hydrogens (tertiary/aromatic N) is 1. The molecule has 0 bridgehead atoms. The lowest BCUT2D eigenvalue weighted by Crippen LogP contribution is -2.33. The number of halogens is 1. The van der Waals surface area contributed by atoms with Gasteiger partial charge in [0.25, 0.3) is 0 Å². The highest BCUT2D eigenvalue weighted by molar-refractivity contribution is 9.10. The normalized spacial score (nSPS) is 11.5. The van der Waals surface area contributed by atoms with E-state index in [0.717, 1.165) is 5.56 Å². The van der Waals surface area contributed by atoms with Gasteiger partial charge in [-0.3, -0.25) is 4.79 Å². The molecule has 0 aliphatic heterocycles. The maximum atomic E-state index is 13.0. The molecule has 2 rings (SSSR count). The Hall–Kier alpha value is -1.90. The summed E-state index contributed by atoms with van der Waals surface area (Å²) in [5.74, 6) is -0.0186. The van der Waals surface area contributed by atoms with Crippen molar-refractivity contribution in [3.8, 4) is 5.75 Å². The Morgan fingerprint density at radius 3 is 2.44 bits per heavy atom. The van der Waals surface area contributed by atoms with Crippen LogP contribution in [0, 0.1) is 0 Å². The summed E-state index contributed by atoms with van der Waals surface area (Å²) < 4.78 is 32.9. The maximum absolute atomic E-state index is 13.0. The average Bonchev–Trinajstić information content (AvgIpc) is 2.59. The van der Waals surface area contributed by atoms with E-state index in [4.69, 9.17) is 10.5 Å². The Bertz CT molecular complexity index is 841. The second kappa shape index (κ2) is 8.46. The molecule has 0 heterocycles. The minimum Gasteiger partial charge on any atom is -0.496 e. The van der Waals surface area contributed by atoms with Gasteiger partial charge in [-0.2, -0.15) is 4.31 Å². The molecular formula is C17H19BrN2O4S. The average molecular weight is 427 g/mol. The molecule has 6 nitrogen and oxygen atoms in total. The third-order valence-corrected chi connectivity index (χ3v) is 6.03. The fourth-order valence-corrected chi connectivity index (χ4v) is 4.41. The molecular weight excluding hydrogens is 408 g/mol. The number of methoxy groups -OCH3 is 1. The molecule has 134 valence electrons. The van der Waals surface area contributed by atoms with Crippen LogP contribution in [0.5, 0.6) is 5.75 Å². The summed E-state index contributed by atoms with van der Waals surface area (Å²) in [4.78, 5) is 11.2. The number of hydrogen-bond acceptors (Lipinski definition) is 4. The Balaban J connectivity index is 2.36. The van der Waals surface area contributed by atoms with Gasteiger partial charge in [0.2, 0.25) is 15.9 Å². The molecule has 0 saturated carbocycles. The van der Waals surface area contributed by atoms with Gasteiger partial charge in [0.15, 0.2) is 0 Å². The van der Waals surface area contributed by atoms with E-state index >= 15 is 0 Å². The Kier molecular flexibility index (Phi) is 6.57. The van der Waals surface area contributed by atoms with Crippen LogP contribution in [0.15, 0.2) is 57.9 Å². The molecule has 0 aliphatic rings. The first-order valence-corrected chi connectivity index (χ1v) is 9.74. The SMILES string of the molecule is COc1ccc(S(=O)(=O)N(CCC(N)=O)Cc2ccccc2)cc1Br. The van der Waals surface area contributed by atoms with Gasteiger partial charge in [0.05, 0.1) is 16.5 Å². The summed E-state index contributed by atoms with van der Waals surface area (Å²) in [5.41, 5.74) is 6.02. The Morgan fingerprint density at radius 1 is 1.20 bits per heavy atom. The number of benzene rings is 2. The van der Waals surface area contributed by atoms with Crippen molar-refractivity contribution >= 4 is 31.9 Å². The van der Waals surface area contributed by atoms with Crippen LogP contribution in [0.1, 0.15) is 12.0 Å². The molecule has 0 aromatic heterocycles. The summed E-state index contributed by atoms with van der Waals surface area (Å²) >= 11 is 3.30. The van der Waals surface area contributed by atoms with Crippen LogP contribution in [0.25, 0.3) is 0 Å². The quantitative estimate of drug-likeness (QED) is 0.701. The first kappa shape index (κ1) is 19.4. The predicted octanol–water partition coefficient (Wildman–Crippen LogP) is 2.52. The second-order valence-electron chi connectivity index (χ2n) is 5.34. The van der Waals surface area contributed by atoms with Crippen molar-refractivity contribution < 1.29 is 17.9 Å². The molecule has 0 unspecified atom stereocenters. The minimum atomic E-state index is -3.80. The predicted molar refractivity (Wildman–Crippen MR) is 98.5 cm³/mol. The fourth-order valence-electron chi connectivity index (χ4n) is 2.26. The van der Waals surface area contributed by atoms with Crippen LogP contribution >= 0.6 is 15.9 Å². The molecule has 0 saturated heterocycles. The van der Waals surface area contributed by atoms with Crippen molar-refractivity contribution in [1.29, 1.82) is 0 Å². The van der Waals surface area contributed by atoms with Gasteiger partial charge in [0, 0.05) is 19.5 Å². The first-order chi connectivity index (χ1) is 11.8. The summed E-state index contributed by atoms with van der Waals surface area (Å²) in [6.45, 7) is 0.163. The van der Waals surface area contributed by atoms with Gasteiger partial charge >= 0.3 is 0 Å². The highest BCUT2D eigenvalue weighted by Gasteiger charge is 2.25. The molecule has 0 radical (unpaired) electrons. The third-order valence-electron chi connectivity index (χ3n) is 3.57. The van der Waals surface area contributed by atoms with Crippen molar-refractivity contribution in [3.05, 3.63) is 58.6 Å². The van der Waals surface area contributed by atoms with Crippen LogP contribution in [0.3, 0.4) is 0 Å². The lowest BCUT2D eigenvalue weighted by molar-refractivity contribution is -0.118. The lowest BCUT2D eigenvalue weighted by Gasteiger charge is -2.22. The molecule has 2 aromatic carbocycles. The highest BCUT2D eigenvalue weighted by Crippen LogP contribution is 2.29. The van der Waals surface area contributed by atoms with Crippen LogP contribution < -0.4 is 10.5 Å². The second-order valence-corrected chi connectivity index (χ2v) is 8.13. The molecule has 2 aromatic rings. The Labute approximate surface area is 155 Å². The topological polar surface area (TPSA) is 89.7 Å². The van der Waals surface area contributed by atoms with Crippen molar-refractivity contribution in [2.75, 3.05) is 13.7 Å². The van der Waals surface area contributed by atoms with Gasteiger partial charge in [-0.1, -0.05) is 30.3 Å². The number of carbonyl (C=O) groups is 1. The molecule has 0 aliphatic carbocycles. The number of carbonyl (C=O) groups excluding carboxylic acids is 1. The first-order valence-electron chi connectivity index (χ1n) is 7.50. The molecule has 2 N–H and O–H groups in total. The van der Waals surface area contributed by atoms with E-state index in [1.54, 1.807) is 6.07 Å². The molecule has 0 atom stereocenters. The van der Waals surface area contributed by atoms with E-state index in [9.17, 15) is 13.2 Å². The van der Waals surface area contributed by atoms with E-state index in [-0.39, 0.29) is 24.4 Å². The van der Waals surface area contributed by atoms with E-state index < -0.39 is 15.9 Å². The zero-order chi connectivity index (χ0) is 18.4. The van der Waals surface area contributed by atoms with Crippen molar-refractivity contribution in [2.45, 2.75) is 17.9 Å². The summed E-state index contributed by atoms with van der Waals surface area (Å²) in [6, 6.07) is 13.7. The fraction of sp³-hybridized carbons (Fsp3) is 0.235. The zero-order valence-corrected chi connectivity index (χ0v) is 16.1. The number of primary amides is 1. The van der Waals surface area contributed by atoms with Crippen LogP contribution in [0.2, 0.25) is 0 Å². The van der Waals surface area contributed by atoms with Crippen molar-refractivity contribution in [1.82, 2.24) is 4.31 Å². The van der Waals surface area contributed by atoms with Crippen molar-refractivity contribution in [2.24, 2.45) is 5.73 Å². The van der Waals surface area contributed by atoms with Gasteiger partial charge < -0.3 is 10.5 Å². The van der Waals surface area contributed by atoms with Gasteiger partial charge in [0.1, 0.15) is 5.75 Å². The van der Waals surface area contributed by atoms with Gasteiger partial charge in [-0.15, -0.1) is 0 Å². The maximum Gasteiger partial charge on any atom is 0.243 e. The van der Waals surface area contributed by atoms with Gasteiger partial charge in [-0.05, 0) is 39.7 Å².